The number of hydrogen-bond acceptors (Lipinski definition) is 5. The molecule has 0 bridgehead atoms. The number of sulfonamides is 1. The highest BCUT2D eigenvalue weighted by Crippen LogP contribution is 2.40. The van der Waals surface area contributed by atoms with Gasteiger partial charge in [0.05, 0.1) is 23.2 Å². The third kappa shape index (κ3) is 4.75. The minimum atomic E-state index is -3.65. The summed E-state index contributed by atoms with van der Waals surface area (Å²) in [6, 6.07) is 12.9. The van der Waals surface area contributed by atoms with Gasteiger partial charge in [0, 0.05) is 17.0 Å². The molecule has 156 valence electrons. The van der Waals surface area contributed by atoms with Gasteiger partial charge in [0.1, 0.15) is 0 Å². The summed E-state index contributed by atoms with van der Waals surface area (Å²) < 4.78 is 33.7. The molecule has 0 aliphatic carbocycles. The molecule has 2 aromatic rings. The molecule has 0 saturated carbocycles. The van der Waals surface area contributed by atoms with Crippen LogP contribution in [0, 0.1) is 3.57 Å². The van der Waals surface area contributed by atoms with Crippen molar-refractivity contribution in [1.29, 1.82) is 0 Å². The Kier molecular flexibility index (Phi) is 7.18. The van der Waals surface area contributed by atoms with Crippen LogP contribution in [0.15, 0.2) is 47.4 Å². The second-order valence-corrected chi connectivity index (χ2v) is 10.0. The zero-order valence-electron chi connectivity index (χ0n) is 16.5. The van der Waals surface area contributed by atoms with Gasteiger partial charge >= 0.3 is 5.97 Å². The Hall–Kier alpha value is -1.65. The Morgan fingerprint density at radius 3 is 2.69 bits per heavy atom. The van der Waals surface area contributed by atoms with Crippen molar-refractivity contribution in [2.75, 3.05) is 24.5 Å². The van der Waals surface area contributed by atoms with E-state index >= 15 is 0 Å². The minimum absolute atomic E-state index is 0.181. The van der Waals surface area contributed by atoms with E-state index < -0.39 is 10.0 Å². The Morgan fingerprint density at radius 1 is 1.17 bits per heavy atom. The molecule has 1 atom stereocenters. The average Bonchev–Trinajstić information content (AvgIpc) is 2.76. The van der Waals surface area contributed by atoms with E-state index in [0.29, 0.717) is 30.2 Å². The van der Waals surface area contributed by atoms with Crippen LogP contribution >= 0.6 is 22.6 Å². The van der Waals surface area contributed by atoms with Crippen molar-refractivity contribution in [1.82, 2.24) is 5.32 Å². The Balaban J connectivity index is 1.88. The number of hydrogen-bond donors (Lipinski definition) is 1. The van der Waals surface area contributed by atoms with Gasteiger partial charge in [-0.25, -0.2) is 8.42 Å². The largest absolute Gasteiger partial charge is 0.466 e. The second kappa shape index (κ2) is 9.44. The molecule has 1 unspecified atom stereocenters. The van der Waals surface area contributed by atoms with Crippen LogP contribution in [0.5, 0.6) is 0 Å². The van der Waals surface area contributed by atoms with E-state index in [-0.39, 0.29) is 12.0 Å². The number of halogens is 1. The van der Waals surface area contributed by atoms with Gasteiger partial charge in [-0.15, -0.1) is 0 Å². The van der Waals surface area contributed by atoms with Gasteiger partial charge in [0.2, 0.25) is 0 Å². The molecule has 1 aliphatic rings. The third-order valence-corrected chi connectivity index (χ3v) is 7.47. The lowest BCUT2D eigenvalue weighted by Gasteiger charge is -2.22. The van der Waals surface area contributed by atoms with E-state index in [0.717, 1.165) is 27.5 Å². The summed E-state index contributed by atoms with van der Waals surface area (Å²) in [7, 11) is -2.05. The standard InChI is InChI=1S/C21H25IN2O4S/c1-3-28-20(25)10-6-7-13-23-21-16-8-4-5-9-18(16)24(2)29(26,27)19-14-15(22)11-12-17(19)21/h4-5,8-9,11-12,14,21,23H,3,6-7,10,13H2,1-2H3. The molecule has 0 radical (unpaired) electrons. The summed E-state index contributed by atoms with van der Waals surface area (Å²) in [6.45, 7) is 2.85. The molecule has 0 amide bonds. The molecule has 6 nitrogen and oxygen atoms in total. The highest BCUT2D eigenvalue weighted by atomic mass is 127. The summed E-state index contributed by atoms with van der Waals surface area (Å²) in [5.41, 5.74) is 2.33. The van der Waals surface area contributed by atoms with Gasteiger partial charge in [-0.05, 0) is 78.2 Å². The Labute approximate surface area is 185 Å². The molecule has 8 heteroatoms. The molecule has 0 fully saturated rings. The first-order valence-electron chi connectivity index (χ1n) is 9.62. The molecule has 1 heterocycles. The number of unbranched alkanes of at least 4 members (excludes halogenated alkanes) is 1. The molecular formula is C21H25IN2O4S. The van der Waals surface area contributed by atoms with Gasteiger partial charge < -0.3 is 10.1 Å². The van der Waals surface area contributed by atoms with Crippen LogP contribution in [0.2, 0.25) is 0 Å². The third-order valence-electron chi connectivity index (χ3n) is 4.97. The van der Waals surface area contributed by atoms with Crippen LogP contribution in [-0.4, -0.2) is 34.6 Å². The summed E-state index contributed by atoms with van der Waals surface area (Å²) >= 11 is 2.13. The number of nitrogens with one attached hydrogen (secondary N) is 1. The number of para-hydroxylation sites is 1. The van der Waals surface area contributed by atoms with Crippen molar-refractivity contribution >= 4 is 44.3 Å². The van der Waals surface area contributed by atoms with E-state index in [4.69, 9.17) is 4.74 Å². The van der Waals surface area contributed by atoms with Crippen LogP contribution in [0.4, 0.5) is 5.69 Å². The molecular weight excluding hydrogens is 503 g/mol. The zero-order chi connectivity index (χ0) is 21.0. The quantitative estimate of drug-likeness (QED) is 0.336. The van der Waals surface area contributed by atoms with E-state index in [1.807, 2.05) is 36.4 Å². The fraction of sp³-hybridized carbons (Fsp3) is 0.381. The van der Waals surface area contributed by atoms with Gasteiger partial charge in [-0.2, -0.15) is 0 Å². The fourth-order valence-corrected chi connectivity index (χ4v) is 5.71. The Bertz CT molecular complexity index is 994. The normalized spacial score (nSPS) is 17.2. The smallest absolute Gasteiger partial charge is 0.305 e. The first kappa shape index (κ1) is 22.0. The van der Waals surface area contributed by atoms with Crippen molar-refractivity contribution in [3.8, 4) is 0 Å². The first-order valence-corrected chi connectivity index (χ1v) is 12.1. The van der Waals surface area contributed by atoms with E-state index in [1.165, 1.54) is 4.31 Å². The number of nitrogens with zero attached hydrogens (tertiary/aromatic N) is 1. The number of ether oxygens (including phenoxy) is 1. The van der Waals surface area contributed by atoms with Crippen molar-refractivity contribution in [2.45, 2.75) is 37.1 Å². The monoisotopic (exact) mass is 528 g/mol. The van der Waals surface area contributed by atoms with Crippen LogP contribution < -0.4 is 9.62 Å². The Morgan fingerprint density at radius 2 is 1.93 bits per heavy atom. The van der Waals surface area contributed by atoms with Crippen molar-refractivity contribution in [3.05, 3.63) is 57.2 Å². The molecule has 0 spiro atoms. The molecule has 1 N–H and O–H groups in total. The average molecular weight is 528 g/mol. The van der Waals surface area contributed by atoms with Crippen LogP contribution in [0.1, 0.15) is 43.4 Å². The SMILES string of the molecule is CCOC(=O)CCCCNC1c2ccccc2N(C)S(=O)(=O)c2cc(I)ccc21. The predicted octanol–water partition coefficient (Wildman–Crippen LogP) is 3.84. The maximum Gasteiger partial charge on any atom is 0.305 e. The summed E-state index contributed by atoms with van der Waals surface area (Å²) in [4.78, 5) is 11.8. The summed E-state index contributed by atoms with van der Waals surface area (Å²) in [5, 5.41) is 3.51. The fourth-order valence-electron chi connectivity index (χ4n) is 3.53. The molecule has 0 aromatic heterocycles. The summed E-state index contributed by atoms with van der Waals surface area (Å²) in [5.74, 6) is -0.181. The number of fused-ring (bicyclic) bond motifs is 2. The highest BCUT2D eigenvalue weighted by molar-refractivity contribution is 14.1. The number of anilines is 1. The van der Waals surface area contributed by atoms with Crippen molar-refractivity contribution in [3.63, 3.8) is 0 Å². The zero-order valence-corrected chi connectivity index (χ0v) is 19.5. The number of esters is 1. The molecule has 1 aliphatic heterocycles. The van der Waals surface area contributed by atoms with E-state index in [1.54, 1.807) is 20.0 Å². The minimum Gasteiger partial charge on any atom is -0.466 e. The maximum absolute atomic E-state index is 13.2. The van der Waals surface area contributed by atoms with Crippen LogP contribution in [0.25, 0.3) is 0 Å². The van der Waals surface area contributed by atoms with Gasteiger partial charge in [0.25, 0.3) is 10.0 Å². The lowest BCUT2D eigenvalue weighted by atomic mass is 9.96. The highest BCUT2D eigenvalue weighted by Gasteiger charge is 2.34. The first-order chi connectivity index (χ1) is 13.9. The molecule has 2 aromatic carbocycles. The lowest BCUT2D eigenvalue weighted by molar-refractivity contribution is -0.143. The maximum atomic E-state index is 13.2. The lowest BCUT2D eigenvalue weighted by Crippen LogP contribution is -2.26. The predicted molar refractivity (Wildman–Crippen MR) is 122 cm³/mol. The number of carbonyl (C=O) groups is 1. The topological polar surface area (TPSA) is 75.7 Å². The molecule has 0 saturated heterocycles. The van der Waals surface area contributed by atoms with E-state index in [2.05, 4.69) is 27.9 Å². The van der Waals surface area contributed by atoms with Crippen molar-refractivity contribution in [2.24, 2.45) is 0 Å². The number of carbonyl (C=O) groups excluding carboxylic acids is 1. The van der Waals surface area contributed by atoms with Gasteiger partial charge in [-0.1, -0.05) is 24.3 Å². The van der Waals surface area contributed by atoms with Gasteiger partial charge in [0.15, 0.2) is 0 Å². The number of benzene rings is 2. The second-order valence-electron chi connectivity index (χ2n) is 6.86. The summed E-state index contributed by atoms with van der Waals surface area (Å²) in [6.07, 6.45) is 1.90. The van der Waals surface area contributed by atoms with Crippen LogP contribution in [0.3, 0.4) is 0 Å². The molecule has 3 rings (SSSR count). The van der Waals surface area contributed by atoms with E-state index in [9.17, 15) is 13.2 Å². The molecule has 29 heavy (non-hydrogen) atoms. The van der Waals surface area contributed by atoms with Crippen molar-refractivity contribution < 1.29 is 17.9 Å². The number of rotatable bonds is 7. The van der Waals surface area contributed by atoms with Gasteiger partial charge in [-0.3, -0.25) is 9.10 Å². The van der Waals surface area contributed by atoms with Crippen LogP contribution in [-0.2, 0) is 19.6 Å².